The molecule has 0 amide bonds. The van der Waals surface area contributed by atoms with Crippen molar-refractivity contribution in [2.75, 3.05) is 5.73 Å². The van der Waals surface area contributed by atoms with Crippen LogP contribution < -0.4 is 11.3 Å². The Balaban J connectivity index is 0.000000202. The van der Waals surface area contributed by atoms with E-state index in [1.807, 2.05) is 37.3 Å². The molecule has 0 atom stereocenters. The molecule has 0 saturated carbocycles. The fourth-order valence-corrected chi connectivity index (χ4v) is 2.83. The number of para-hydroxylation sites is 1. The molecule has 11 nitrogen and oxygen atoms in total. The van der Waals surface area contributed by atoms with Gasteiger partial charge in [-0.05, 0) is 19.1 Å². The van der Waals surface area contributed by atoms with Crippen molar-refractivity contribution in [3.63, 3.8) is 0 Å². The summed E-state index contributed by atoms with van der Waals surface area (Å²) < 4.78 is 31.6. The second-order valence-corrected chi connectivity index (χ2v) is 6.95. The number of hydrogen-bond acceptors (Lipinski definition) is 7. The van der Waals surface area contributed by atoms with Crippen molar-refractivity contribution in [2.45, 2.75) is 11.8 Å². The van der Waals surface area contributed by atoms with Crippen molar-refractivity contribution in [1.29, 1.82) is 0 Å². The van der Waals surface area contributed by atoms with Crippen LogP contribution in [0.5, 0.6) is 5.75 Å². The number of non-ortho nitro benzene ring substituents is 1. The smallest absolute Gasteiger partial charge is 0.298 e. The highest BCUT2D eigenvalue weighted by atomic mass is 32.2. The first kappa shape index (κ1) is 20.7. The second kappa shape index (κ2) is 7.94. The minimum absolute atomic E-state index is 0.0244. The van der Waals surface area contributed by atoms with Gasteiger partial charge in [-0.15, -0.1) is 0 Å². The lowest BCUT2D eigenvalue weighted by Gasteiger charge is -2.03. The molecule has 0 fully saturated rings. The molecule has 0 unspecified atom stereocenters. The number of rotatable bonds is 3. The van der Waals surface area contributed by atoms with E-state index in [9.17, 15) is 23.3 Å². The van der Waals surface area contributed by atoms with Gasteiger partial charge in [0.1, 0.15) is 4.90 Å². The Labute approximate surface area is 158 Å². The van der Waals surface area contributed by atoms with Crippen LogP contribution in [0.4, 0.5) is 11.4 Å². The number of nitrogens with zero attached hydrogens (tertiary/aromatic N) is 2. The third-order valence-corrected chi connectivity index (χ3v) is 4.31. The molecule has 5 N–H and O–H groups in total. The highest BCUT2D eigenvalue weighted by Crippen LogP contribution is 2.33. The summed E-state index contributed by atoms with van der Waals surface area (Å²) in [5.74, 6) is -0.914. The van der Waals surface area contributed by atoms with Gasteiger partial charge >= 0.3 is 0 Å². The minimum Gasteiger partial charge on any atom is -0.504 e. The summed E-state index contributed by atoms with van der Waals surface area (Å²) >= 11 is 0. The first-order chi connectivity index (χ1) is 13.0. The van der Waals surface area contributed by atoms with Gasteiger partial charge in [0.25, 0.3) is 21.4 Å². The maximum atomic E-state index is 11.4. The van der Waals surface area contributed by atoms with Crippen LogP contribution in [0.3, 0.4) is 0 Å². The quantitative estimate of drug-likeness (QED) is 0.166. The lowest BCUT2D eigenvalue weighted by atomic mass is 10.2. The van der Waals surface area contributed by atoms with E-state index in [4.69, 9.17) is 15.4 Å². The number of phenolic OH excluding ortho intramolecular Hbond substituents is 1. The van der Waals surface area contributed by atoms with E-state index in [0.717, 1.165) is 17.4 Å². The number of nitrogens with two attached hydrogens (primary N) is 1. The Morgan fingerprint density at radius 2 is 1.79 bits per heavy atom. The topological polar surface area (TPSA) is 182 Å². The van der Waals surface area contributed by atoms with Crippen molar-refractivity contribution < 1.29 is 23.0 Å². The number of benzene rings is 2. The zero-order valence-corrected chi connectivity index (χ0v) is 15.3. The summed E-state index contributed by atoms with van der Waals surface area (Å²) in [5, 5.41) is 22.5. The van der Waals surface area contributed by atoms with Gasteiger partial charge in [0.15, 0.2) is 5.75 Å². The average Bonchev–Trinajstić information content (AvgIpc) is 2.95. The van der Waals surface area contributed by atoms with E-state index in [1.54, 1.807) is 6.07 Å². The molecule has 1 aromatic heterocycles. The normalized spacial score (nSPS) is 10.8. The summed E-state index contributed by atoms with van der Waals surface area (Å²) in [6, 6.07) is 12.4. The maximum Gasteiger partial charge on any atom is 0.298 e. The highest BCUT2D eigenvalue weighted by molar-refractivity contribution is 7.86. The molecule has 148 valence electrons. The van der Waals surface area contributed by atoms with Gasteiger partial charge in [0.2, 0.25) is 0 Å². The van der Waals surface area contributed by atoms with Gasteiger partial charge in [-0.3, -0.25) is 24.6 Å². The average molecular weight is 408 g/mol. The molecule has 0 aliphatic carbocycles. The van der Waals surface area contributed by atoms with Gasteiger partial charge < -0.3 is 10.8 Å². The number of phenols is 1. The van der Waals surface area contributed by atoms with E-state index in [1.165, 1.54) is 4.68 Å². The second-order valence-electron chi connectivity index (χ2n) is 5.56. The first-order valence-electron chi connectivity index (χ1n) is 7.59. The summed E-state index contributed by atoms with van der Waals surface area (Å²) in [5.41, 5.74) is 5.69. The van der Waals surface area contributed by atoms with Gasteiger partial charge in [-0.1, -0.05) is 18.2 Å². The molecular weight excluding hydrogens is 392 g/mol. The molecule has 0 radical (unpaired) electrons. The van der Waals surface area contributed by atoms with Crippen molar-refractivity contribution in [2.24, 2.45) is 0 Å². The molecule has 0 saturated heterocycles. The highest BCUT2D eigenvalue weighted by Gasteiger charge is 2.22. The summed E-state index contributed by atoms with van der Waals surface area (Å²) in [6.45, 7) is 1.86. The molecule has 0 bridgehead atoms. The number of aromatic hydroxyl groups is 1. The molecule has 0 aliphatic rings. The number of H-pyrrole nitrogens is 1. The van der Waals surface area contributed by atoms with Crippen LogP contribution in [0.15, 0.2) is 58.2 Å². The van der Waals surface area contributed by atoms with Crippen LogP contribution in [0, 0.1) is 17.0 Å². The van der Waals surface area contributed by atoms with E-state index < -0.39 is 37.1 Å². The van der Waals surface area contributed by atoms with Crippen LogP contribution in [0.25, 0.3) is 5.69 Å². The lowest BCUT2D eigenvalue weighted by molar-refractivity contribution is -0.385. The van der Waals surface area contributed by atoms with Crippen LogP contribution in [0.1, 0.15) is 5.69 Å². The molecule has 3 aromatic rings. The third kappa shape index (κ3) is 4.75. The standard InChI is InChI=1S/C10H10N2O.C6H6N2O6S/c1-8-7-10(13)12(11-8)9-5-3-2-4-6-9;7-4-1-3(8(10)11)2-5(6(4)9)15(12,13)14/h2-7,11H,1H3;1-2,9H,7H2,(H,12,13,14). The fourth-order valence-electron chi connectivity index (χ4n) is 2.20. The SMILES string of the molecule is Cc1cc(=O)n(-c2ccccc2)[nH]1.Nc1cc([N+](=O)[O-])cc(S(=O)(=O)O)c1O. The van der Waals surface area contributed by atoms with Crippen molar-refractivity contribution >= 4 is 21.5 Å². The van der Waals surface area contributed by atoms with E-state index >= 15 is 0 Å². The zero-order valence-electron chi connectivity index (χ0n) is 14.4. The number of nitrogens with one attached hydrogen (secondary N) is 1. The Hall–Kier alpha value is -3.64. The molecule has 2 aromatic carbocycles. The van der Waals surface area contributed by atoms with Gasteiger partial charge in [-0.25, -0.2) is 4.68 Å². The van der Waals surface area contributed by atoms with E-state index in [-0.39, 0.29) is 5.56 Å². The number of anilines is 1. The first-order valence-corrected chi connectivity index (χ1v) is 9.03. The Morgan fingerprint density at radius 1 is 1.18 bits per heavy atom. The van der Waals surface area contributed by atoms with Crippen LogP contribution in [0.2, 0.25) is 0 Å². The molecular formula is C16H16N4O7S. The summed E-state index contributed by atoms with van der Waals surface area (Å²) in [4.78, 5) is 19.8. The number of nitro benzene ring substituents is 1. The zero-order chi connectivity index (χ0) is 21.1. The summed E-state index contributed by atoms with van der Waals surface area (Å²) in [6.07, 6.45) is 0. The third-order valence-electron chi connectivity index (χ3n) is 3.44. The van der Waals surface area contributed by atoms with E-state index in [0.29, 0.717) is 6.07 Å². The molecule has 1 heterocycles. The van der Waals surface area contributed by atoms with Crippen molar-refractivity contribution in [3.05, 3.63) is 74.7 Å². The van der Waals surface area contributed by atoms with Crippen molar-refractivity contribution in [1.82, 2.24) is 9.78 Å². The Bertz CT molecular complexity index is 1170. The molecule has 3 rings (SSSR count). The number of hydrogen-bond donors (Lipinski definition) is 4. The van der Waals surface area contributed by atoms with E-state index in [2.05, 4.69) is 5.10 Å². The van der Waals surface area contributed by atoms with Crippen LogP contribution >= 0.6 is 0 Å². The number of aryl methyl sites for hydroxylation is 1. The van der Waals surface area contributed by atoms with Crippen molar-refractivity contribution in [3.8, 4) is 11.4 Å². The maximum absolute atomic E-state index is 11.4. The molecule has 0 spiro atoms. The lowest BCUT2D eigenvalue weighted by Crippen LogP contribution is -2.12. The fraction of sp³-hybridized carbons (Fsp3) is 0.0625. The van der Waals surface area contributed by atoms with Gasteiger partial charge in [-0.2, -0.15) is 8.42 Å². The number of aromatic nitrogens is 2. The van der Waals surface area contributed by atoms with Gasteiger partial charge in [0.05, 0.1) is 16.3 Å². The molecule has 0 aliphatic heterocycles. The molecule has 12 heteroatoms. The predicted molar refractivity (Wildman–Crippen MR) is 100 cm³/mol. The summed E-state index contributed by atoms with van der Waals surface area (Å²) in [7, 11) is -4.75. The predicted octanol–water partition coefficient (Wildman–Crippen LogP) is 1.60. The largest absolute Gasteiger partial charge is 0.504 e. The minimum atomic E-state index is -4.75. The number of nitro groups is 1. The molecule has 28 heavy (non-hydrogen) atoms. The van der Waals surface area contributed by atoms with Gasteiger partial charge in [0, 0.05) is 23.9 Å². The number of nitrogen functional groups attached to an aromatic ring is 1. The van der Waals surface area contributed by atoms with Crippen LogP contribution in [-0.2, 0) is 10.1 Å². The Morgan fingerprint density at radius 3 is 2.25 bits per heavy atom. The number of aromatic amines is 1. The Kier molecular flexibility index (Phi) is 5.86. The van der Waals surface area contributed by atoms with Crippen LogP contribution in [-0.4, -0.2) is 32.8 Å². The monoisotopic (exact) mass is 408 g/mol.